The molecule has 1 aliphatic rings. The van der Waals surface area contributed by atoms with E-state index in [0.717, 1.165) is 34.5 Å². The van der Waals surface area contributed by atoms with Crippen LogP contribution in [0.25, 0.3) is 11.4 Å². The third-order valence-corrected chi connectivity index (χ3v) is 4.81. The van der Waals surface area contributed by atoms with Gasteiger partial charge in [0.05, 0.1) is 12.1 Å². The van der Waals surface area contributed by atoms with Crippen molar-refractivity contribution < 1.29 is 13.8 Å². The van der Waals surface area contributed by atoms with E-state index in [0.29, 0.717) is 37.0 Å². The van der Waals surface area contributed by atoms with E-state index in [1.54, 1.807) is 6.07 Å². The summed E-state index contributed by atoms with van der Waals surface area (Å²) in [6.45, 7) is 6.91. The summed E-state index contributed by atoms with van der Waals surface area (Å²) in [5, 5.41) is 7.95. The molecule has 0 bridgehead atoms. The number of amides is 1. The molecule has 1 aliphatic heterocycles. The summed E-state index contributed by atoms with van der Waals surface area (Å²) >= 11 is 0. The van der Waals surface area contributed by atoms with Gasteiger partial charge in [-0.25, -0.2) is 0 Å². The summed E-state index contributed by atoms with van der Waals surface area (Å²) in [5.41, 5.74) is 4.73. The number of carbonyl (C=O) groups is 1. The van der Waals surface area contributed by atoms with Crippen molar-refractivity contribution in [3.05, 3.63) is 46.4 Å². The normalized spacial score (nSPS) is 13.7. The van der Waals surface area contributed by atoms with E-state index < -0.39 is 0 Å². The minimum absolute atomic E-state index is 0.0201. The van der Waals surface area contributed by atoms with E-state index in [-0.39, 0.29) is 12.3 Å². The predicted molar refractivity (Wildman–Crippen MR) is 95.7 cm³/mol. The lowest BCUT2D eigenvalue weighted by Gasteiger charge is -2.29. The number of fused-ring (bicyclic) bond motifs is 1. The van der Waals surface area contributed by atoms with Gasteiger partial charge in [-0.05, 0) is 31.4 Å². The molecule has 0 unspecified atom stereocenters. The van der Waals surface area contributed by atoms with Crippen molar-refractivity contribution in [2.24, 2.45) is 0 Å². The van der Waals surface area contributed by atoms with Crippen molar-refractivity contribution in [3.63, 3.8) is 0 Å². The predicted octanol–water partition coefficient (Wildman–Crippen LogP) is 2.43. The van der Waals surface area contributed by atoms with Crippen LogP contribution in [0.1, 0.15) is 41.1 Å². The van der Waals surface area contributed by atoms with Gasteiger partial charge < -0.3 is 13.9 Å². The molecule has 140 valence electrons. The molecule has 4 heterocycles. The fourth-order valence-electron chi connectivity index (χ4n) is 3.42. The van der Waals surface area contributed by atoms with Gasteiger partial charge in [-0.2, -0.15) is 4.98 Å². The molecule has 8 nitrogen and oxygen atoms in total. The number of carbonyl (C=O) groups excluding carboxylic acids is 1. The molecule has 3 aromatic heterocycles. The van der Waals surface area contributed by atoms with E-state index in [4.69, 9.17) is 9.05 Å². The van der Waals surface area contributed by atoms with Crippen LogP contribution in [0.5, 0.6) is 0 Å². The van der Waals surface area contributed by atoms with Crippen LogP contribution in [0.4, 0.5) is 0 Å². The Bertz CT molecular complexity index is 991. The van der Waals surface area contributed by atoms with Crippen molar-refractivity contribution in [1.29, 1.82) is 0 Å². The van der Waals surface area contributed by atoms with Gasteiger partial charge in [-0.1, -0.05) is 17.2 Å². The van der Waals surface area contributed by atoms with Crippen LogP contribution in [-0.4, -0.2) is 37.6 Å². The zero-order valence-corrected chi connectivity index (χ0v) is 15.7. The minimum Gasteiger partial charge on any atom is -0.361 e. The molecule has 27 heavy (non-hydrogen) atoms. The lowest BCUT2D eigenvalue weighted by Crippen LogP contribution is -2.37. The first-order valence-electron chi connectivity index (χ1n) is 9.05. The van der Waals surface area contributed by atoms with Gasteiger partial charge in [0.15, 0.2) is 0 Å². The molecule has 0 saturated heterocycles. The number of hydrogen-bond donors (Lipinski definition) is 0. The highest BCUT2D eigenvalue weighted by molar-refractivity contribution is 5.79. The summed E-state index contributed by atoms with van der Waals surface area (Å²) in [5.74, 6) is 1.79. The van der Waals surface area contributed by atoms with E-state index in [9.17, 15) is 4.79 Å². The average Bonchev–Trinajstić information content (AvgIpc) is 3.30. The number of aromatic nitrogens is 4. The molecule has 8 heteroatoms. The van der Waals surface area contributed by atoms with Gasteiger partial charge in [-0.3, -0.25) is 9.78 Å². The SMILES string of the molecule is CCc1nc(-c2c(C)ncc3c2CCN(C(=O)Cc2cc(C)no2)C3)no1. The molecule has 0 spiro atoms. The molecule has 0 aromatic carbocycles. The molecule has 3 aromatic rings. The van der Waals surface area contributed by atoms with Crippen LogP contribution in [0.2, 0.25) is 0 Å². The lowest BCUT2D eigenvalue weighted by molar-refractivity contribution is -0.131. The van der Waals surface area contributed by atoms with Crippen molar-refractivity contribution in [1.82, 2.24) is 25.2 Å². The highest BCUT2D eigenvalue weighted by atomic mass is 16.5. The molecular weight excluding hydrogens is 346 g/mol. The molecule has 0 saturated carbocycles. The molecule has 0 atom stereocenters. The Labute approximate surface area is 156 Å². The highest BCUT2D eigenvalue weighted by Gasteiger charge is 2.26. The topological polar surface area (TPSA) is 98.2 Å². The van der Waals surface area contributed by atoms with Crippen LogP contribution >= 0.6 is 0 Å². The summed E-state index contributed by atoms with van der Waals surface area (Å²) < 4.78 is 10.4. The Morgan fingerprint density at radius 1 is 1.26 bits per heavy atom. The Kier molecular flexibility index (Phi) is 4.47. The zero-order chi connectivity index (χ0) is 19.0. The fourth-order valence-corrected chi connectivity index (χ4v) is 3.42. The molecule has 0 aliphatic carbocycles. The second kappa shape index (κ2) is 6.94. The average molecular weight is 367 g/mol. The first-order chi connectivity index (χ1) is 13.0. The number of nitrogens with zero attached hydrogens (tertiary/aromatic N) is 5. The van der Waals surface area contributed by atoms with Crippen LogP contribution in [0.3, 0.4) is 0 Å². The molecule has 1 amide bonds. The van der Waals surface area contributed by atoms with Gasteiger partial charge in [0.1, 0.15) is 5.76 Å². The maximum atomic E-state index is 12.6. The Morgan fingerprint density at radius 2 is 2.11 bits per heavy atom. The first kappa shape index (κ1) is 17.4. The summed E-state index contributed by atoms with van der Waals surface area (Å²) in [6, 6.07) is 1.79. The third kappa shape index (κ3) is 3.34. The lowest BCUT2D eigenvalue weighted by atomic mass is 9.94. The molecule has 0 fully saturated rings. The van der Waals surface area contributed by atoms with Gasteiger partial charge in [0, 0.05) is 43.0 Å². The first-order valence-corrected chi connectivity index (χ1v) is 9.05. The van der Waals surface area contributed by atoms with Crippen LogP contribution in [-0.2, 0) is 30.6 Å². The zero-order valence-electron chi connectivity index (χ0n) is 15.7. The molecule has 0 radical (unpaired) electrons. The quantitative estimate of drug-likeness (QED) is 0.698. The van der Waals surface area contributed by atoms with Crippen molar-refractivity contribution in [3.8, 4) is 11.4 Å². The fraction of sp³-hybridized carbons (Fsp3) is 0.421. The Hall–Kier alpha value is -3.03. The number of rotatable bonds is 4. The van der Waals surface area contributed by atoms with Gasteiger partial charge in [0.2, 0.25) is 17.6 Å². The van der Waals surface area contributed by atoms with Crippen molar-refractivity contribution >= 4 is 5.91 Å². The summed E-state index contributed by atoms with van der Waals surface area (Å²) in [4.78, 5) is 23.4. The second-order valence-electron chi connectivity index (χ2n) is 6.76. The summed E-state index contributed by atoms with van der Waals surface area (Å²) in [7, 11) is 0. The number of aryl methyl sites for hydroxylation is 3. The Balaban J connectivity index is 1.58. The van der Waals surface area contributed by atoms with Crippen molar-refractivity contribution in [2.75, 3.05) is 6.54 Å². The standard InChI is InChI=1S/C19H21N5O3/c1-4-16-21-19(23-27-16)18-12(3)20-9-13-10-24(6-5-15(13)18)17(25)8-14-7-11(2)22-26-14/h7,9H,4-6,8,10H2,1-3H3. The van der Waals surface area contributed by atoms with E-state index in [1.165, 1.54) is 0 Å². The second-order valence-corrected chi connectivity index (χ2v) is 6.76. The molecule has 4 rings (SSSR count). The summed E-state index contributed by atoms with van der Waals surface area (Å²) in [6.07, 6.45) is 3.48. The minimum atomic E-state index is 0.0201. The largest absolute Gasteiger partial charge is 0.361 e. The highest BCUT2D eigenvalue weighted by Crippen LogP contribution is 2.30. The van der Waals surface area contributed by atoms with Crippen LogP contribution < -0.4 is 0 Å². The molecule has 0 N–H and O–H groups in total. The number of pyridine rings is 1. The third-order valence-electron chi connectivity index (χ3n) is 4.81. The van der Waals surface area contributed by atoms with E-state index >= 15 is 0 Å². The molecular formula is C19H21N5O3. The van der Waals surface area contributed by atoms with Gasteiger partial charge in [-0.15, -0.1) is 0 Å². The monoisotopic (exact) mass is 367 g/mol. The smallest absolute Gasteiger partial charge is 0.230 e. The van der Waals surface area contributed by atoms with Gasteiger partial charge in [0.25, 0.3) is 0 Å². The maximum Gasteiger partial charge on any atom is 0.230 e. The van der Waals surface area contributed by atoms with E-state index in [2.05, 4.69) is 20.3 Å². The number of hydrogen-bond acceptors (Lipinski definition) is 7. The van der Waals surface area contributed by atoms with E-state index in [1.807, 2.05) is 31.9 Å². The van der Waals surface area contributed by atoms with Gasteiger partial charge >= 0.3 is 0 Å². The van der Waals surface area contributed by atoms with Crippen LogP contribution in [0, 0.1) is 13.8 Å². The van der Waals surface area contributed by atoms with Crippen molar-refractivity contribution in [2.45, 2.75) is 46.6 Å². The maximum absolute atomic E-state index is 12.6. The Morgan fingerprint density at radius 3 is 2.81 bits per heavy atom. The van der Waals surface area contributed by atoms with Crippen LogP contribution in [0.15, 0.2) is 21.3 Å².